The fourth-order valence-corrected chi connectivity index (χ4v) is 2.73. The van der Waals surface area contributed by atoms with Gasteiger partial charge in [-0.3, -0.25) is 5.10 Å². The van der Waals surface area contributed by atoms with Crippen molar-refractivity contribution < 1.29 is 4.74 Å². The van der Waals surface area contributed by atoms with Crippen LogP contribution in [0.2, 0.25) is 0 Å². The number of hydrogen-bond acceptors (Lipinski definition) is 6. The Hall–Kier alpha value is -1.89. The van der Waals surface area contributed by atoms with E-state index in [1.807, 2.05) is 6.92 Å². The van der Waals surface area contributed by atoms with Crippen molar-refractivity contribution in [2.45, 2.75) is 32.7 Å². The summed E-state index contributed by atoms with van der Waals surface area (Å²) in [6, 6.07) is 0.344. The van der Waals surface area contributed by atoms with Crippen molar-refractivity contribution >= 4 is 22.8 Å². The van der Waals surface area contributed by atoms with E-state index in [4.69, 9.17) is 4.74 Å². The maximum absolute atomic E-state index is 5.43. The fourth-order valence-electron chi connectivity index (χ4n) is 2.73. The molecule has 0 amide bonds. The van der Waals surface area contributed by atoms with E-state index in [0.717, 1.165) is 49.5 Å². The van der Waals surface area contributed by atoms with Crippen LogP contribution in [0.25, 0.3) is 11.0 Å². The number of aromatic amines is 1. The van der Waals surface area contributed by atoms with Gasteiger partial charge in [0.1, 0.15) is 5.82 Å². The van der Waals surface area contributed by atoms with Crippen LogP contribution in [-0.4, -0.2) is 46.0 Å². The lowest BCUT2D eigenvalue weighted by molar-refractivity contribution is 0.0622. The van der Waals surface area contributed by atoms with Crippen LogP contribution < -0.4 is 10.6 Å². The Labute approximate surface area is 123 Å². The molecule has 1 fully saturated rings. The molecule has 0 bridgehead atoms. The minimum absolute atomic E-state index is 0.344. The minimum Gasteiger partial charge on any atom is -0.381 e. The zero-order chi connectivity index (χ0) is 14.7. The molecular formula is C14H22N6O. The number of rotatable bonds is 5. The van der Waals surface area contributed by atoms with E-state index in [1.165, 1.54) is 0 Å². The summed E-state index contributed by atoms with van der Waals surface area (Å²) in [7, 11) is 0. The highest BCUT2D eigenvalue weighted by Crippen LogP contribution is 2.25. The Balaban J connectivity index is 1.82. The van der Waals surface area contributed by atoms with Gasteiger partial charge in [-0.05, 0) is 32.6 Å². The van der Waals surface area contributed by atoms with E-state index < -0.39 is 0 Å². The number of fused-ring (bicyclic) bond motifs is 1. The molecule has 3 rings (SSSR count). The molecule has 114 valence electrons. The lowest BCUT2D eigenvalue weighted by Crippen LogP contribution is -2.31. The lowest BCUT2D eigenvalue weighted by Gasteiger charge is -2.28. The van der Waals surface area contributed by atoms with Gasteiger partial charge in [0.05, 0.1) is 11.6 Å². The molecule has 21 heavy (non-hydrogen) atoms. The summed E-state index contributed by atoms with van der Waals surface area (Å²) in [5, 5.41) is 14.6. The Morgan fingerprint density at radius 3 is 2.95 bits per heavy atom. The summed E-state index contributed by atoms with van der Waals surface area (Å²) in [5.41, 5.74) is 0.752. The fraction of sp³-hybridized carbons (Fsp3) is 0.643. The summed E-state index contributed by atoms with van der Waals surface area (Å²) in [4.78, 5) is 8.98. The molecule has 1 atom stereocenters. The largest absolute Gasteiger partial charge is 0.381 e. The van der Waals surface area contributed by atoms with Crippen LogP contribution in [0, 0.1) is 5.92 Å². The third-order valence-electron chi connectivity index (χ3n) is 3.98. The van der Waals surface area contributed by atoms with Crippen molar-refractivity contribution in [3.8, 4) is 0 Å². The van der Waals surface area contributed by atoms with Crippen LogP contribution in [-0.2, 0) is 4.74 Å². The Bertz CT molecular complexity index is 592. The average molecular weight is 290 g/mol. The van der Waals surface area contributed by atoms with Crippen LogP contribution in [0.3, 0.4) is 0 Å². The average Bonchev–Trinajstić information content (AvgIpc) is 2.97. The van der Waals surface area contributed by atoms with Gasteiger partial charge in [-0.25, -0.2) is 0 Å². The Morgan fingerprint density at radius 1 is 1.38 bits per heavy atom. The molecule has 1 unspecified atom stereocenters. The molecule has 2 aromatic heterocycles. The standard InChI is InChI=1S/C14H22N6O/c1-3-15-14-18-12(11-8-16-20-13(11)19-14)17-9(2)10-4-6-21-7-5-10/h8-10H,3-7H2,1-2H3,(H3,15,16,17,18,19,20). The van der Waals surface area contributed by atoms with E-state index in [1.54, 1.807) is 6.20 Å². The normalized spacial score (nSPS) is 17.8. The maximum Gasteiger partial charge on any atom is 0.226 e. The number of ether oxygens (including phenoxy) is 1. The Morgan fingerprint density at radius 2 is 2.19 bits per heavy atom. The highest BCUT2D eigenvalue weighted by molar-refractivity contribution is 5.87. The van der Waals surface area contributed by atoms with Gasteiger partial charge in [-0.1, -0.05) is 0 Å². The summed E-state index contributed by atoms with van der Waals surface area (Å²) in [6.45, 7) is 6.72. The van der Waals surface area contributed by atoms with Crippen LogP contribution in [0.5, 0.6) is 0 Å². The number of H-pyrrole nitrogens is 1. The van der Waals surface area contributed by atoms with Gasteiger partial charge in [0.15, 0.2) is 5.65 Å². The predicted octanol–water partition coefficient (Wildman–Crippen LogP) is 2.01. The van der Waals surface area contributed by atoms with E-state index in [-0.39, 0.29) is 0 Å². The van der Waals surface area contributed by atoms with Gasteiger partial charge in [0.25, 0.3) is 0 Å². The van der Waals surface area contributed by atoms with Gasteiger partial charge in [-0.2, -0.15) is 15.1 Å². The third-order valence-corrected chi connectivity index (χ3v) is 3.98. The van der Waals surface area contributed by atoms with Crippen molar-refractivity contribution in [3.63, 3.8) is 0 Å². The molecule has 3 N–H and O–H groups in total. The molecule has 0 aromatic carbocycles. The third kappa shape index (κ3) is 3.07. The SMILES string of the molecule is CCNc1nc(NC(C)C2CCOCC2)c2cn[nH]c2n1. The molecule has 7 nitrogen and oxygen atoms in total. The summed E-state index contributed by atoms with van der Waals surface area (Å²) in [6.07, 6.45) is 3.95. The predicted molar refractivity (Wildman–Crippen MR) is 82.5 cm³/mol. The second-order valence-corrected chi connectivity index (χ2v) is 5.44. The first-order valence-electron chi connectivity index (χ1n) is 7.57. The first kappa shape index (κ1) is 14.1. The van der Waals surface area contributed by atoms with Crippen molar-refractivity contribution in [1.29, 1.82) is 0 Å². The van der Waals surface area contributed by atoms with Gasteiger partial charge in [0.2, 0.25) is 5.95 Å². The van der Waals surface area contributed by atoms with E-state index in [2.05, 4.69) is 37.7 Å². The van der Waals surface area contributed by atoms with E-state index in [9.17, 15) is 0 Å². The molecule has 1 saturated heterocycles. The van der Waals surface area contributed by atoms with Gasteiger partial charge in [-0.15, -0.1) is 0 Å². The van der Waals surface area contributed by atoms with Crippen LogP contribution in [0.15, 0.2) is 6.20 Å². The van der Waals surface area contributed by atoms with Crippen molar-refractivity contribution in [2.24, 2.45) is 5.92 Å². The number of anilines is 2. The molecule has 1 aliphatic rings. The molecule has 0 radical (unpaired) electrons. The number of nitrogens with one attached hydrogen (secondary N) is 3. The first-order chi connectivity index (χ1) is 10.3. The highest BCUT2D eigenvalue weighted by atomic mass is 16.5. The van der Waals surface area contributed by atoms with Gasteiger partial charge >= 0.3 is 0 Å². The monoisotopic (exact) mass is 290 g/mol. The summed E-state index contributed by atoms with van der Waals surface area (Å²) >= 11 is 0. The quantitative estimate of drug-likeness (QED) is 0.781. The lowest BCUT2D eigenvalue weighted by atomic mass is 9.93. The van der Waals surface area contributed by atoms with Crippen LogP contribution in [0.1, 0.15) is 26.7 Å². The summed E-state index contributed by atoms with van der Waals surface area (Å²) in [5.74, 6) is 2.07. The molecule has 2 aromatic rings. The highest BCUT2D eigenvalue weighted by Gasteiger charge is 2.22. The minimum atomic E-state index is 0.344. The van der Waals surface area contributed by atoms with Gasteiger partial charge < -0.3 is 15.4 Å². The van der Waals surface area contributed by atoms with Crippen molar-refractivity contribution in [1.82, 2.24) is 20.2 Å². The molecule has 0 saturated carbocycles. The van der Waals surface area contributed by atoms with Gasteiger partial charge in [0, 0.05) is 25.8 Å². The molecular weight excluding hydrogens is 268 g/mol. The zero-order valence-electron chi connectivity index (χ0n) is 12.5. The first-order valence-corrected chi connectivity index (χ1v) is 7.57. The molecule has 3 heterocycles. The van der Waals surface area contributed by atoms with Crippen molar-refractivity contribution in [3.05, 3.63) is 6.20 Å². The second kappa shape index (κ2) is 6.26. The Kier molecular flexibility index (Phi) is 4.19. The topological polar surface area (TPSA) is 87.8 Å². The van der Waals surface area contributed by atoms with Crippen LogP contribution >= 0.6 is 0 Å². The molecule has 0 spiro atoms. The van der Waals surface area contributed by atoms with Crippen molar-refractivity contribution in [2.75, 3.05) is 30.4 Å². The van der Waals surface area contributed by atoms with Crippen LogP contribution in [0.4, 0.5) is 11.8 Å². The summed E-state index contributed by atoms with van der Waals surface area (Å²) < 4.78 is 5.43. The van der Waals surface area contributed by atoms with E-state index in [0.29, 0.717) is 17.9 Å². The van der Waals surface area contributed by atoms with E-state index >= 15 is 0 Å². The maximum atomic E-state index is 5.43. The number of nitrogens with zero attached hydrogens (tertiary/aromatic N) is 3. The molecule has 0 aliphatic carbocycles. The zero-order valence-corrected chi connectivity index (χ0v) is 12.5. The smallest absolute Gasteiger partial charge is 0.226 e. The second-order valence-electron chi connectivity index (χ2n) is 5.44. The number of aromatic nitrogens is 4. The molecule has 1 aliphatic heterocycles. The number of hydrogen-bond donors (Lipinski definition) is 3. The molecule has 7 heteroatoms.